The van der Waals surface area contributed by atoms with Gasteiger partial charge in [-0.15, -0.1) is 0 Å². The van der Waals surface area contributed by atoms with Gasteiger partial charge >= 0.3 is 6.18 Å². The molecule has 1 heterocycles. The average molecular weight is 351 g/mol. The molecule has 1 fully saturated rings. The van der Waals surface area contributed by atoms with Crippen molar-refractivity contribution in [3.8, 4) is 0 Å². The molecule has 2 atom stereocenters. The number of halogens is 4. The summed E-state index contributed by atoms with van der Waals surface area (Å²) in [4.78, 5) is 14.2. The van der Waals surface area contributed by atoms with E-state index in [1.165, 1.54) is 6.07 Å². The van der Waals surface area contributed by atoms with Gasteiger partial charge in [0.1, 0.15) is 0 Å². The molecule has 0 radical (unpaired) electrons. The molecule has 0 unspecified atom stereocenters. The van der Waals surface area contributed by atoms with E-state index >= 15 is 0 Å². The summed E-state index contributed by atoms with van der Waals surface area (Å²) >= 11 is 5.62. The molecule has 0 saturated carbocycles. The van der Waals surface area contributed by atoms with Crippen LogP contribution in [-0.2, 0) is 15.7 Å². The lowest BCUT2D eigenvalue weighted by molar-refractivity contribution is -0.137. The Balaban J connectivity index is 2.14. The summed E-state index contributed by atoms with van der Waals surface area (Å²) in [7, 11) is 0. The molecule has 1 amide bonds. The second kappa shape index (κ2) is 7.07. The van der Waals surface area contributed by atoms with E-state index in [4.69, 9.17) is 16.3 Å². The molecule has 4 nitrogen and oxygen atoms in total. The van der Waals surface area contributed by atoms with Gasteiger partial charge < -0.3 is 10.1 Å². The molecule has 1 aliphatic heterocycles. The van der Waals surface area contributed by atoms with Crippen LogP contribution in [0.3, 0.4) is 0 Å². The number of rotatable bonds is 3. The van der Waals surface area contributed by atoms with Crippen LogP contribution in [0, 0.1) is 0 Å². The summed E-state index contributed by atoms with van der Waals surface area (Å²) < 4.78 is 44.5. The van der Waals surface area contributed by atoms with Crippen molar-refractivity contribution in [2.45, 2.75) is 32.2 Å². The minimum atomic E-state index is -4.59. The standard InChI is InChI=1S/C15H18ClF3N2O2/c1-9-8-21(5-6-23-9)10(2)14(22)20-13-4-3-11(16)7-12(13)15(17,18)19/h3-4,7,9-10H,5-6,8H2,1-2H3,(H,20,22)/t9-,10-/m0/s1. The van der Waals surface area contributed by atoms with Gasteiger partial charge in [-0.3, -0.25) is 9.69 Å². The zero-order valence-electron chi connectivity index (χ0n) is 12.8. The van der Waals surface area contributed by atoms with E-state index in [-0.39, 0.29) is 16.8 Å². The van der Waals surface area contributed by atoms with Gasteiger partial charge in [-0.25, -0.2) is 0 Å². The van der Waals surface area contributed by atoms with Crippen molar-refractivity contribution in [3.63, 3.8) is 0 Å². The Hall–Kier alpha value is -1.31. The maximum atomic E-state index is 13.0. The highest BCUT2D eigenvalue weighted by Gasteiger charge is 2.35. The normalized spacial score (nSPS) is 21.0. The number of nitrogens with one attached hydrogen (secondary N) is 1. The lowest BCUT2D eigenvalue weighted by Gasteiger charge is -2.34. The maximum absolute atomic E-state index is 13.0. The first-order chi connectivity index (χ1) is 10.7. The molecule has 8 heteroatoms. The number of ether oxygens (including phenoxy) is 1. The van der Waals surface area contributed by atoms with Gasteiger partial charge in [0.15, 0.2) is 0 Å². The second-order valence-electron chi connectivity index (χ2n) is 5.53. The molecule has 128 valence electrons. The van der Waals surface area contributed by atoms with Crippen LogP contribution in [0.2, 0.25) is 5.02 Å². The molecular weight excluding hydrogens is 333 g/mol. The summed E-state index contributed by atoms with van der Waals surface area (Å²) in [5.41, 5.74) is -1.25. The number of alkyl halides is 3. The number of carbonyl (C=O) groups is 1. The van der Waals surface area contributed by atoms with Gasteiger partial charge in [0.05, 0.1) is 30.0 Å². The molecule has 2 rings (SSSR count). The topological polar surface area (TPSA) is 41.6 Å². The van der Waals surface area contributed by atoms with Gasteiger partial charge in [-0.1, -0.05) is 11.6 Å². The van der Waals surface area contributed by atoms with Crippen molar-refractivity contribution in [2.24, 2.45) is 0 Å². The number of morpholine rings is 1. The van der Waals surface area contributed by atoms with Crippen LogP contribution in [0.5, 0.6) is 0 Å². The van der Waals surface area contributed by atoms with Gasteiger partial charge in [0.25, 0.3) is 0 Å². The highest BCUT2D eigenvalue weighted by molar-refractivity contribution is 6.30. The fraction of sp³-hybridized carbons (Fsp3) is 0.533. The minimum Gasteiger partial charge on any atom is -0.376 e. The van der Waals surface area contributed by atoms with E-state index < -0.39 is 23.7 Å². The Labute approximate surface area is 137 Å². The Morgan fingerprint density at radius 2 is 2.17 bits per heavy atom. The first-order valence-electron chi connectivity index (χ1n) is 7.21. The lowest BCUT2D eigenvalue weighted by Crippen LogP contribution is -2.50. The number of carbonyl (C=O) groups excluding carboxylic acids is 1. The number of benzene rings is 1. The monoisotopic (exact) mass is 350 g/mol. The third kappa shape index (κ3) is 4.59. The van der Waals surface area contributed by atoms with E-state index in [1.807, 2.05) is 11.8 Å². The van der Waals surface area contributed by atoms with Gasteiger partial charge in [0, 0.05) is 18.1 Å². The maximum Gasteiger partial charge on any atom is 0.418 e. The Kier molecular flexibility index (Phi) is 5.54. The highest BCUT2D eigenvalue weighted by atomic mass is 35.5. The molecule has 0 aromatic heterocycles. The van der Waals surface area contributed by atoms with E-state index in [2.05, 4.69) is 5.32 Å². The van der Waals surface area contributed by atoms with Crippen molar-refractivity contribution in [3.05, 3.63) is 28.8 Å². The van der Waals surface area contributed by atoms with Crippen LogP contribution in [-0.4, -0.2) is 42.6 Å². The molecule has 1 aliphatic rings. The number of nitrogens with zero attached hydrogens (tertiary/aromatic N) is 1. The lowest BCUT2D eigenvalue weighted by atomic mass is 10.1. The van der Waals surface area contributed by atoms with Crippen LogP contribution in [0.25, 0.3) is 0 Å². The molecule has 0 aliphatic carbocycles. The predicted molar refractivity (Wildman–Crippen MR) is 81.5 cm³/mol. The summed E-state index contributed by atoms with van der Waals surface area (Å²) in [6.07, 6.45) is -4.61. The van der Waals surface area contributed by atoms with Crippen molar-refractivity contribution in [1.29, 1.82) is 0 Å². The Morgan fingerprint density at radius 1 is 1.48 bits per heavy atom. The summed E-state index contributed by atoms with van der Waals surface area (Å²) in [5, 5.41) is 2.32. The average Bonchev–Trinajstić information content (AvgIpc) is 2.47. The molecular formula is C15H18ClF3N2O2. The number of amides is 1. The number of hydrogen-bond donors (Lipinski definition) is 1. The smallest absolute Gasteiger partial charge is 0.376 e. The van der Waals surface area contributed by atoms with Crippen molar-refractivity contribution >= 4 is 23.2 Å². The minimum absolute atomic E-state index is 0.0136. The quantitative estimate of drug-likeness (QED) is 0.908. The molecule has 0 bridgehead atoms. The third-order valence-corrected chi connectivity index (χ3v) is 3.98. The Morgan fingerprint density at radius 3 is 2.78 bits per heavy atom. The van der Waals surface area contributed by atoms with E-state index in [0.29, 0.717) is 19.7 Å². The predicted octanol–water partition coefficient (Wildman–Crippen LogP) is 3.41. The third-order valence-electron chi connectivity index (χ3n) is 3.74. The molecule has 0 spiro atoms. The first kappa shape index (κ1) is 18.0. The number of hydrogen-bond acceptors (Lipinski definition) is 3. The van der Waals surface area contributed by atoms with Gasteiger partial charge in [-0.05, 0) is 32.0 Å². The van der Waals surface area contributed by atoms with Crippen LogP contribution < -0.4 is 5.32 Å². The number of anilines is 1. The molecule has 1 aromatic rings. The van der Waals surface area contributed by atoms with Gasteiger partial charge in [0.2, 0.25) is 5.91 Å². The fourth-order valence-corrected chi connectivity index (χ4v) is 2.63. The zero-order valence-corrected chi connectivity index (χ0v) is 13.5. The first-order valence-corrected chi connectivity index (χ1v) is 7.59. The van der Waals surface area contributed by atoms with E-state index in [9.17, 15) is 18.0 Å². The SMILES string of the molecule is C[C@H]1CN([C@@H](C)C(=O)Nc2ccc(Cl)cc2C(F)(F)F)CCO1. The van der Waals surface area contributed by atoms with Crippen LogP contribution in [0.4, 0.5) is 18.9 Å². The van der Waals surface area contributed by atoms with Gasteiger partial charge in [-0.2, -0.15) is 13.2 Å². The van der Waals surface area contributed by atoms with Crippen LogP contribution >= 0.6 is 11.6 Å². The summed E-state index contributed by atoms with van der Waals surface area (Å²) in [6, 6.07) is 2.72. The van der Waals surface area contributed by atoms with E-state index in [1.54, 1.807) is 6.92 Å². The zero-order chi connectivity index (χ0) is 17.2. The van der Waals surface area contributed by atoms with Crippen molar-refractivity contribution in [2.75, 3.05) is 25.0 Å². The molecule has 1 aromatic carbocycles. The molecule has 1 saturated heterocycles. The van der Waals surface area contributed by atoms with E-state index in [0.717, 1.165) is 12.1 Å². The Bertz CT molecular complexity index is 580. The fourth-order valence-electron chi connectivity index (χ4n) is 2.46. The van der Waals surface area contributed by atoms with Crippen molar-refractivity contribution < 1.29 is 22.7 Å². The second-order valence-corrected chi connectivity index (χ2v) is 5.97. The largest absolute Gasteiger partial charge is 0.418 e. The summed E-state index contributed by atoms with van der Waals surface area (Å²) in [5.74, 6) is -0.494. The summed E-state index contributed by atoms with van der Waals surface area (Å²) in [6.45, 7) is 5.16. The van der Waals surface area contributed by atoms with Crippen LogP contribution in [0.15, 0.2) is 18.2 Å². The molecule has 23 heavy (non-hydrogen) atoms. The highest BCUT2D eigenvalue weighted by Crippen LogP contribution is 2.36. The van der Waals surface area contributed by atoms with Crippen LogP contribution in [0.1, 0.15) is 19.4 Å². The van der Waals surface area contributed by atoms with Crippen molar-refractivity contribution in [1.82, 2.24) is 4.90 Å². The molecule has 1 N–H and O–H groups in total.